The van der Waals surface area contributed by atoms with Crippen LogP contribution in [-0.2, 0) is 4.74 Å². The number of carbonyl (C=O) groups is 1. The average Bonchev–Trinajstić information content (AvgIpc) is 2.85. The van der Waals surface area contributed by atoms with Crippen LogP contribution in [0.5, 0.6) is 0 Å². The van der Waals surface area contributed by atoms with E-state index in [0.29, 0.717) is 42.1 Å². The third-order valence-corrected chi connectivity index (χ3v) is 4.50. The van der Waals surface area contributed by atoms with Crippen LogP contribution in [0.2, 0.25) is 4.34 Å². The number of rotatable bonds is 5. The topological polar surface area (TPSA) is 53.0 Å². The average molecular weight is 319 g/mol. The molecule has 1 saturated heterocycles. The number of amides is 1. The van der Waals surface area contributed by atoms with Crippen LogP contribution in [0, 0.1) is 0 Å². The van der Waals surface area contributed by atoms with Crippen LogP contribution in [0.1, 0.15) is 9.67 Å². The zero-order chi connectivity index (χ0) is 14.5. The monoisotopic (exact) mass is 318 g/mol. The van der Waals surface area contributed by atoms with Gasteiger partial charge in [-0.25, -0.2) is 0 Å². The first kappa shape index (κ1) is 15.7. The zero-order valence-corrected chi connectivity index (χ0v) is 13.0. The first-order valence-electron chi connectivity index (χ1n) is 6.55. The van der Waals surface area contributed by atoms with E-state index in [1.165, 1.54) is 11.3 Å². The van der Waals surface area contributed by atoms with Gasteiger partial charge in [-0.05, 0) is 19.2 Å². The maximum atomic E-state index is 12.5. The van der Waals surface area contributed by atoms with Crippen LogP contribution in [-0.4, -0.2) is 73.4 Å². The molecule has 2 rings (SSSR count). The number of hydrogen-bond donors (Lipinski definition) is 1. The molecular weight excluding hydrogens is 300 g/mol. The van der Waals surface area contributed by atoms with E-state index in [0.717, 1.165) is 0 Å². The molecule has 0 saturated carbocycles. The second-order valence-electron chi connectivity index (χ2n) is 4.82. The lowest BCUT2D eigenvalue weighted by Crippen LogP contribution is -2.53. The van der Waals surface area contributed by atoms with E-state index in [-0.39, 0.29) is 18.6 Å². The quantitative estimate of drug-likeness (QED) is 0.885. The molecule has 1 aromatic heterocycles. The summed E-state index contributed by atoms with van der Waals surface area (Å²) in [5.74, 6) is 0.00704. The van der Waals surface area contributed by atoms with Crippen LogP contribution in [0.4, 0.5) is 0 Å². The van der Waals surface area contributed by atoms with Gasteiger partial charge in [0, 0.05) is 19.6 Å². The van der Waals surface area contributed by atoms with Crippen LogP contribution in [0.3, 0.4) is 0 Å². The van der Waals surface area contributed by atoms with Crippen molar-refractivity contribution in [3.63, 3.8) is 0 Å². The second-order valence-corrected chi connectivity index (χ2v) is 6.53. The summed E-state index contributed by atoms with van der Waals surface area (Å²) in [5.41, 5.74) is 0. The predicted octanol–water partition coefficient (Wildman–Crippen LogP) is 1.17. The molecule has 0 aliphatic carbocycles. The fourth-order valence-electron chi connectivity index (χ4n) is 2.27. The summed E-state index contributed by atoms with van der Waals surface area (Å²) in [6, 6.07) is 3.51. The van der Waals surface area contributed by atoms with Gasteiger partial charge >= 0.3 is 0 Å². The number of aliphatic hydroxyl groups is 1. The third-order valence-electron chi connectivity index (χ3n) is 3.28. The van der Waals surface area contributed by atoms with E-state index < -0.39 is 0 Å². The molecule has 1 aromatic rings. The summed E-state index contributed by atoms with van der Waals surface area (Å²) in [7, 11) is 1.93. The van der Waals surface area contributed by atoms with Gasteiger partial charge in [-0.15, -0.1) is 11.3 Å². The van der Waals surface area contributed by atoms with Gasteiger partial charge in [0.25, 0.3) is 5.91 Å². The van der Waals surface area contributed by atoms with Gasteiger partial charge in [0.15, 0.2) is 0 Å². The lowest BCUT2D eigenvalue weighted by molar-refractivity contribution is -0.0107. The van der Waals surface area contributed by atoms with Crippen molar-refractivity contribution < 1.29 is 14.6 Å². The molecule has 1 fully saturated rings. The summed E-state index contributed by atoms with van der Waals surface area (Å²) < 4.78 is 6.10. The summed E-state index contributed by atoms with van der Waals surface area (Å²) in [6.07, 6.45) is 0. The van der Waals surface area contributed by atoms with Crippen molar-refractivity contribution in [1.82, 2.24) is 9.80 Å². The van der Waals surface area contributed by atoms with E-state index in [1.807, 2.05) is 16.8 Å². The first-order chi connectivity index (χ1) is 9.61. The van der Waals surface area contributed by atoms with E-state index in [4.69, 9.17) is 21.4 Å². The highest BCUT2D eigenvalue weighted by molar-refractivity contribution is 7.17. The lowest BCUT2D eigenvalue weighted by Gasteiger charge is -2.37. The van der Waals surface area contributed by atoms with Crippen molar-refractivity contribution in [3.05, 3.63) is 21.3 Å². The number of aliphatic hydroxyl groups excluding tert-OH is 1. The Hall–Kier alpha value is -0.660. The minimum absolute atomic E-state index is 0.00704. The molecule has 112 valence electrons. The van der Waals surface area contributed by atoms with Crippen molar-refractivity contribution >= 4 is 28.8 Å². The lowest BCUT2D eigenvalue weighted by atomic mass is 10.2. The molecule has 0 bridgehead atoms. The summed E-state index contributed by atoms with van der Waals surface area (Å²) in [6.45, 7) is 3.06. The molecule has 0 spiro atoms. The summed E-state index contributed by atoms with van der Waals surface area (Å²) >= 11 is 7.19. The van der Waals surface area contributed by atoms with E-state index in [2.05, 4.69) is 0 Å². The number of thiophene rings is 1. The minimum Gasteiger partial charge on any atom is -0.395 e. The molecule has 1 aliphatic rings. The molecule has 0 radical (unpaired) electrons. The van der Waals surface area contributed by atoms with Gasteiger partial charge in [-0.2, -0.15) is 0 Å². The molecule has 1 atom stereocenters. The number of halogens is 1. The Bertz CT molecular complexity index is 455. The summed E-state index contributed by atoms with van der Waals surface area (Å²) in [5, 5.41) is 8.96. The molecule has 0 unspecified atom stereocenters. The van der Waals surface area contributed by atoms with E-state index in [1.54, 1.807) is 12.1 Å². The van der Waals surface area contributed by atoms with E-state index in [9.17, 15) is 4.79 Å². The molecule has 1 amide bonds. The predicted molar refractivity (Wildman–Crippen MR) is 79.6 cm³/mol. The first-order valence-corrected chi connectivity index (χ1v) is 7.74. The number of carbonyl (C=O) groups excluding carboxylic acids is 1. The van der Waals surface area contributed by atoms with Crippen molar-refractivity contribution in [2.45, 2.75) is 6.04 Å². The number of nitrogens with zero attached hydrogens (tertiary/aromatic N) is 2. The molecule has 5 nitrogen and oxygen atoms in total. The van der Waals surface area contributed by atoms with Crippen LogP contribution in [0.15, 0.2) is 12.1 Å². The zero-order valence-electron chi connectivity index (χ0n) is 11.4. The molecule has 1 N–H and O–H groups in total. The number of ether oxygens (including phenoxy) is 1. The normalized spacial score (nSPS) is 19.6. The maximum absolute atomic E-state index is 12.5. The van der Waals surface area contributed by atoms with Gasteiger partial charge in [0.1, 0.15) is 0 Å². The highest BCUT2D eigenvalue weighted by Gasteiger charge is 2.29. The molecule has 20 heavy (non-hydrogen) atoms. The van der Waals surface area contributed by atoms with Crippen molar-refractivity contribution in [2.75, 3.05) is 46.5 Å². The smallest absolute Gasteiger partial charge is 0.264 e. The largest absolute Gasteiger partial charge is 0.395 e. The fraction of sp³-hybridized carbons (Fsp3) is 0.615. The Kier molecular flexibility index (Phi) is 5.80. The molecular formula is C13H19ClN2O3S. The molecule has 7 heteroatoms. The Morgan fingerprint density at radius 2 is 2.45 bits per heavy atom. The highest BCUT2D eigenvalue weighted by atomic mass is 35.5. The maximum Gasteiger partial charge on any atom is 0.264 e. The molecule has 0 aromatic carbocycles. The van der Waals surface area contributed by atoms with Crippen LogP contribution in [0.25, 0.3) is 0 Å². The minimum atomic E-state index is 0.00704. The molecule has 2 heterocycles. The second kappa shape index (κ2) is 7.38. The van der Waals surface area contributed by atoms with Crippen LogP contribution >= 0.6 is 22.9 Å². The Balaban J connectivity index is 2.04. The third kappa shape index (κ3) is 3.93. The Labute approximate surface area is 127 Å². The summed E-state index contributed by atoms with van der Waals surface area (Å²) in [4.78, 5) is 17.0. The Morgan fingerprint density at radius 1 is 1.65 bits per heavy atom. The SMILES string of the molecule is CN(CCO)C[C@@H]1COCCN1C(=O)c1ccc(Cl)s1. The highest BCUT2D eigenvalue weighted by Crippen LogP contribution is 2.24. The van der Waals surface area contributed by atoms with Gasteiger partial charge in [0.05, 0.1) is 35.1 Å². The number of likely N-dealkylation sites (N-methyl/N-ethyl adjacent to an activating group) is 1. The number of hydrogen-bond acceptors (Lipinski definition) is 5. The Morgan fingerprint density at radius 3 is 3.10 bits per heavy atom. The van der Waals surface area contributed by atoms with Gasteiger partial charge in [-0.1, -0.05) is 11.6 Å². The van der Waals surface area contributed by atoms with Crippen molar-refractivity contribution in [3.8, 4) is 0 Å². The van der Waals surface area contributed by atoms with Gasteiger partial charge < -0.3 is 19.6 Å². The fourth-order valence-corrected chi connectivity index (χ4v) is 3.27. The standard InChI is InChI=1S/C13H19ClN2O3S/c1-15(4-6-17)8-10-9-19-7-5-16(10)13(18)11-2-3-12(14)20-11/h2-3,10,17H,4-9H2,1H3/t10-/m1/s1. The van der Waals surface area contributed by atoms with E-state index >= 15 is 0 Å². The van der Waals surface area contributed by atoms with Crippen molar-refractivity contribution in [2.24, 2.45) is 0 Å². The number of morpholine rings is 1. The van der Waals surface area contributed by atoms with Crippen molar-refractivity contribution in [1.29, 1.82) is 0 Å². The molecule has 1 aliphatic heterocycles. The van der Waals surface area contributed by atoms with Crippen LogP contribution < -0.4 is 0 Å². The van der Waals surface area contributed by atoms with Gasteiger partial charge in [-0.3, -0.25) is 4.79 Å². The van der Waals surface area contributed by atoms with Gasteiger partial charge in [0.2, 0.25) is 0 Å².